The Bertz CT molecular complexity index is 466. The van der Waals surface area contributed by atoms with E-state index in [1.807, 2.05) is 6.07 Å². The van der Waals surface area contributed by atoms with E-state index in [1.165, 1.54) is 64.0 Å². The number of likely N-dealkylation sites (tertiary alicyclic amines) is 2. The molecule has 2 fully saturated rings. The molecule has 0 saturated carbocycles. The molecule has 2 aliphatic rings. The van der Waals surface area contributed by atoms with Gasteiger partial charge in [-0.3, -0.25) is 4.90 Å². The van der Waals surface area contributed by atoms with Crippen molar-refractivity contribution in [1.82, 2.24) is 9.80 Å². The van der Waals surface area contributed by atoms with Crippen LogP contribution in [0.4, 0.5) is 5.69 Å². The summed E-state index contributed by atoms with van der Waals surface area (Å²) in [5.41, 5.74) is 8.14. The van der Waals surface area contributed by atoms with Crippen molar-refractivity contribution in [2.75, 3.05) is 38.5 Å². The van der Waals surface area contributed by atoms with Crippen LogP contribution in [-0.4, -0.2) is 42.5 Å². The third-order valence-electron chi connectivity index (χ3n) is 5.35. The fourth-order valence-corrected chi connectivity index (χ4v) is 4.00. The number of nitrogens with zero attached hydrogens (tertiary/aromatic N) is 2. The van der Waals surface area contributed by atoms with Gasteiger partial charge in [0.05, 0.1) is 0 Å². The summed E-state index contributed by atoms with van der Waals surface area (Å²) in [5.74, 6) is 1.78. The average molecular weight is 301 g/mol. The van der Waals surface area contributed by atoms with Crippen LogP contribution < -0.4 is 5.73 Å². The van der Waals surface area contributed by atoms with Crippen molar-refractivity contribution in [1.29, 1.82) is 0 Å². The van der Waals surface area contributed by atoms with Gasteiger partial charge in [-0.25, -0.2) is 0 Å². The molecular weight excluding hydrogens is 270 g/mol. The predicted octanol–water partition coefficient (Wildman–Crippen LogP) is 3.21. The minimum Gasteiger partial charge on any atom is -0.399 e. The lowest BCUT2D eigenvalue weighted by Crippen LogP contribution is -2.42. The van der Waals surface area contributed by atoms with E-state index in [1.54, 1.807) is 0 Å². The molecule has 0 spiro atoms. The lowest BCUT2D eigenvalue weighted by atomic mass is 9.94. The molecule has 2 heterocycles. The molecule has 122 valence electrons. The number of benzene rings is 1. The standard InChI is InChI=1S/C19H31N3/c1-16-7-10-21(11-8-16)14-18-5-3-9-22(15-18)13-17-4-2-6-19(20)12-17/h2,4,6,12,16,18H,3,5,7-11,13-15,20H2,1H3. The number of hydrogen-bond donors (Lipinski definition) is 1. The first kappa shape index (κ1) is 15.8. The van der Waals surface area contributed by atoms with Gasteiger partial charge in [-0.05, 0) is 74.8 Å². The fraction of sp³-hybridized carbons (Fsp3) is 0.684. The van der Waals surface area contributed by atoms with Gasteiger partial charge in [0.25, 0.3) is 0 Å². The number of rotatable bonds is 4. The second-order valence-electron chi connectivity index (χ2n) is 7.47. The van der Waals surface area contributed by atoms with Gasteiger partial charge in [-0.15, -0.1) is 0 Å². The van der Waals surface area contributed by atoms with Crippen LogP contribution in [0.15, 0.2) is 24.3 Å². The zero-order valence-electron chi connectivity index (χ0n) is 14.0. The van der Waals surface area contributed by atoms with Crippen LogP contribution in [0.5, 0.6) is 0 Å². The summed E-state index contributed by atoms with van der Waals surface area (Å²) in [6.07, 6.45) is 5.52. The first-order chi connectivity index (χ1) is 10.7. The first-order valence-electron chi connectivity index (χ1n) is 8.98. The molecule has 3 rings (SSSR count). The second kappa shape index (κ2) is 7.47. The number of nitrogens with two attached hydrogens (primary N) is 1. The third kappa shape index (κ3) is 4.47. The molecule has 0 aromatic heterocycles. The van der Waals surface area contributed by atoms with E-state index in [4.69, 9.17) is 5.73 Å². The highest BCUT2D eigenvalue weighted by Crippen LogP contribution is 2.23. The Balaban J connectivity index is 1.49. The molecule has 0 amide bonds. The van der Waals surface area contributed by atoms with E-state index >= 15 is 0 Å². The van der Waals surface area contributed by atoms with Crippen LogP contribution in [0.3, 0.4) is 0 Å². The second-order valence-corrected chi connectivity index (χ2v) is 7.47. The third-order valence-corrected chi connectivity index (χ3v) is 5.35. The molecule has 0 aliphatic carbocycles. The molecule has 1 unspecified atom stereocenters. The van der Waals surface area contributed by atoms with Gasteiger partial charge in [0, 0.05) is 25.3 Å². The van der Waals surface area contributed by atoms with Crippen molar-refractivity contribution in [2.24, 2.45) is 11.8 Å². The van der Waals surface area contributed by atoms with Crippen molar-refractivity contribution in [3.63, 3.8) is 0 Å². The Morgan fingerprint density at radius 2 is 1.91 bits per heavy atom. The molecule has 2 N–H and O–H groups in total. The maximum atomic E-state index is 5.90. The van der Waals surface area contributed by atoms with Gasteiger partial charge in [-0.1, -0.05) is 19.1 Å². The van der Waals surface area contributed by atoms with Crippen molar-refractivity contribution in [3.05, 3.63) is 29.8 Å². The van der Waals surface area contributed by atoms with E-state index in [9.17, 15) is 0 Å². The van der Waals surface area contributed by atoms with Crippen molar-refractivity contribution in [2.45, 2.75) is 39.2 Å². The topological polar surface area (TPSA) is 32.5 Å². The van der Waals surface area contributed by atoms with Gasteiger partial charge < -0.3 is 10.6 Å². The maximum absolute atomic E-state index is 5.90. The predicted molar refractivity (Wildman–Crippen MR) is 93.7 cm³/mol. The summed E-state index contributed by atoms with van der Waals surface area (Å²) >= 11 is 0. The largest absolute Gasteiger partial charge is 0.399 e. The van der Waals surface area contributed by atoms with E-state index in [0.717, 1.165) is 24.1 Å². The summed E-state index contributed by atoms with van der Waals surface area (Å²) in [5, 5.41) is 0. The van der Waals surface area contributed by atoms with E-state index in [0.29, 0.717) is 0 Å². The highest BCUT2D eigenvalue weighted by Gasteiger charge is 2.24. The zero-order chi connectivity index (χ0) is 15.4. The summed E-state index contributed by atoms with van der Waals surface area (Å²) in [4.78, 5) is 5.32. The molecule has 1 atom stereocenters. The lowest BCUT2D eigenvalue weighted by molar-refractivity contribution is 0.109. The lowest BCUT2D eigenvalue weighted by Gasteiger charge is -2.38. The molecule has 0 bridgehead atoms. The molecule has 22 heavy (non-hydrogen) atoms. The molecule has 0 radical (unpaired) electrons. The summed E-state index contributed by atoms with van der Waals surface area (Å²) < 4.78 is 0. The van der Waals surface area contributed by atoms with Gasteiger partial charge in [0.2, 0.25) is 0 Å². The minimum absolute atomic E-state index is 0.850. The minimum atomic E-state index is 0.850. The van der Waals surface area contributed by atoms with Gasteiger partial charge in [-0.2, -0.15) is 0 Å². The molecule has 1 aromatic carbocycles. The SMILES string of the molecule is CC1CCN(CC2CCCN(Cc3cccc(N)c3)C2)CC1. The van der Waals surface area contributed by atoms with Crippen LogP contribution in [-0.2, 0) is 6.54 Å². The van der Waals surface area contributed by atoms with E-state index < -0.39 is 0 Å². The quantitative estimate of drug-likeness (QED) is 0.867. The Hall–Kier alpha value is -1.06. The van der Waals surface area contributed by atoms with E-state index in [2.05, 4.69) is 34.9 Å². The molecule has 2 saturated heterocycles. The Morgan fingerprint density at radius 3 is 2.68 bits per heavy atom. The number of hydrogen-bond acceptors (Lipinski definition) is 3. The fourth-order valence-electron chi connectivity index (χ4n) is 4.00. The van der Waals surface area contributed by atoms with Crippen LogP contribution in [0.2, 0.25) is 0 Å². The summed E-state index contributed by atoms with van der Waals surface area (Å²) in [6, 6.07) is 8.36. The molecule has 1 aromatic rings. The number of nitrogen functional groups attached to an aromatic ring is 1. The highest BCUT2D eigenvalue weighted by molar-refractivity contribution is 5.40. The summed E-state index contributed by atoms with van der Waals surface area (Å²) in [6.45, 7) is 9.87. The Kier molecular flexibility index (Phi) is 5.37. The van der Waals surface area contributed by atoms with E-state index in [-0.39, 0.29) is 0 Å². The smallest absolute Gasteiger partial charge is 0.0317 e. The molecule has 3 heteroatoms. The van der Waals surface area contributed by atoms with Crippen molar-refractivity contribution >= 4 is 5.69 Å². The van der Waals surface area contributed by atoms with Crippen LogP contribution >= 0.6 is 0 Å². The Morgan fingerprint density at radius 1 is 1.09 bits per heavy atom. The first-order valence-corrected chi connectivity index (χ1v) is 8.98. The average Bonchev–Trinajstić information content (AvgIpc) is 2.50. The van der Waals surface area contributed by atoms with Crippen LogP contribution in [0.1, 0.15) is 38.2 Å². The highest BCUT2D eigenvalue weighted by atomic mass is 15.2. The van der Waals surface area contributed by atoms with Crippen molar-refractivity contribution < 1.29 is 0 Å². The maximum Gasteiger partial charge on any atom is 0.0317 e. The molecular formula is C19H31N3. The monoisotopic (exact) mass is 301 g/mol. The molecule has 2 aliphatic heterocycles. The number of piperidine rings is 2. The Labute approximate surface area is 135 Å². The van der Waals surface area contributed by atoms with Crippen LogP contribution in [0, 0.1) is 11.8 Å². The van der Waals surface area contributed by atoms with Crippen molar-refractivity contribution in [3.8, 4) is 0 Å². The summed E-state index contributed by atoms with van der Waals surface area (Å²) in [7, 11) is 0. The van der Waals surface area contributed by atoms with Gasteiger partial charge in [0.15, 0.2) is 0 Å². The number of anilines is 1. The van der Waals surface area contributed by atoms with Gasteiger partial charge >= 0.3 is 0 Å². The zero-order valence-corrected chi connectivity index (χ0v) is 14.0. The van der Waals surface area contributed by atoms with Gasteiger partial charge in [0.1, 0.15) is 0 Å². The normalized spacial score (nSPS) is 25.4. The molecule has 3 nitrogen and oxygen atoms in total. The van der Waals surface area contributed by atoms with Crippen LogP contribution in [0.25, 0.3) is 0 Å².